The molecule has 2 heterocycles. The molecule has 3 rings (SSSR count). The largest absolute Gasteiger partial charge is 0.493 e. The summed E-state index contributed by atoms with van der Waals surface area (Å²) in [5.41, 5.74) is 1.47. The molecule has 0 amide bonds. The molecule has 0 unspecified atom stereocenters. The van der Waals surface area contributed by atoms with Crippen LogP contribution in [-0.4, -0.2) is 34.8 Å². The van der Waals surface area contributed by atoms with Crippen LogP contribution in [0.3, 0.4) is 0 Å². The lowest BCUT2D eigenvalue weighted by Gasteiger charge is -2.12. The number of aromatic nitrogens is 3. The van der Waals surface area contributed by atoms with Crippen molar-refractivity contribution in [1.82, 2.24) is 14.6 Å². The number of hydrogen-bond acceptors (Lipinski definition) is 9. The zero-order valence-corrected chi connectivity index (χ0v) is 14.6. The van der Waals surface area contributed by atoms with Crippen molar-refractivity contribution in [3.63, 3.8) is 0 Å². The molecule has 0 radical (unpaired) electrons. The Labute approximate surface area is 147 Å². The smallest absolute Gasteiger partial charge is 0.352 e. The molecule has 9 heteroatoms. The highest BCUT2D eigenvalue weighted by Crippen LogP contribution is 2.31. The number of esters is 1. The minimum Gasteiger partial charge on any atom is -0.493 e. The lowest BCUT2D eigenvalue weighted by Crippen LogP contribution is -2.06. The zero-order chi connectivity index (χ0) is 17.8. The lowest BCUT2D eigenvalue weighted by atomic mass is 10.2. The summed E-state index contributed by atoms with van der Waals surface area (Å²) in [5, 5.41) is 3.94. The average molecular weight is 361 g/mol. The molecule has 25 heavy (non-hydrogen) atoms. The predicted octanol–water partition coefficient (Wildman–Crippen LogP) is 2.88. The highest BCUT2D eigenvalue weighted by Gasteiger charge is 2.22. The molecule has 0 atom stereocenters. The SMILES string of the molecule is COc1cccc(COC(=O)c2snnc2-c2coc(C)n2)c1OC. The average Bonchev–Trinajstić information content (AvgIpc) is 3.27. The first-order valence-corrected chi connectivity index (χ1v) is 8.03. The van der Waals surface area contributed by atoms with Gasteiger partial charge in [-0.3, -0.25) is 0 Å². The molecular weight excluding hydrogens is 346 g/mol. The molecule has 3 aromatic rings. The number of rotatable bonds is 6. The van der Waals surface area contributed by atoms with E-state index in [2.05, 4.69) is 14.6 Å². The van der Waals surface area contributed by atoms with Crippen LogP contribution in [0.1, 0.15) is 21.1 Å². The number of nitrogens with zero attached hydrogens (tertiary/aromatic N) is 3. The van der Waals surface area contributed by atoms with Crippen molar-refractivity contribution in [2.75, 3.05) is 14.2 Å². The molecule has 8 nitrogen and oxygen atoms in total. The first kappa shape index (κ1) is 16.9. The molecular formula is C16H15N3O5S. The van der Waals surface area contributed by atoms with Gasteiger partial charge in [0.1, 0.15) is 24.3 Å². The third-order valence-electron chi connectivity index (χ3n) is 3.38. The molecule has 0 N–H and O–H groups in total. The second kappa shape index (κ2) is 7.31. The fourth-order valence-corrected chi connectivity index (χ4v) is 2.81. The van der Waals surface area contributed by atoms with E-state index in [1.807, 2.05) is 0 Å². The number of benzene rings is 1. The Morgan fingerprint density at radius 3 is 2.80 bits per heavy atom. The topological polar surface area (TPSA) is 96.6 Å². The Balaban J connectivity index is 1.78. The minimum absolute atomic E-state index is 0.0222. The van der Waals surface area contributed by atoms with E-state index in [0.717, 1.165) is 11.5 Å². The van der Waals surface area contributed by atoms with Gasteiger partial charge in [0.25, 0.3) is 0 Å². The van der Waals surface area contributed by atoms with E-state index >= 15 is 0 Å². The molecule has 130 valence electrons. The second-order valence-electron chi connectivity index (χ2n) is 4.93. The fraction of sp³-hybridized carbons (Fsp3) is 0.250. The Morgan fingerprint density at radius 1 is 1.28 bits per heavy atom. The maximum Gasteiger partial charge on any atom is 0.352 e. The number of ether oxygens (including phenoxy) is 3. The number of aryl methyl sites for hydroxylation is 1. The fourth-order valence-electron chi connectivity index (χ4n) is 2.24. The molecule has 0 spiro atoms. The summed E-state index contributed by atoms with van der Waals surface area (Å²) >= 11 is 0.941. The number of para-hydroxylation sites is 1. The molecule has 0 aliphatic heterocycles. The Bertz CT molecular complexity index is 890. The summed E-state index contributed by atoms with van der Waals surface area (Å²) in [4.78, 5) is 16.8. The summed E-state index contributed by atoms with van der Waals surface area (Å²) < 4.78 is 24.9. The number of carbonyl (C=O) groups excluding carboxylic acids is 1. The number of hydrogen-bond donors (Lipinski definition) is 0. The van der Waals surface area contributed by atoms with Gasteiger partial charge < -0.3 is 18.6 Å². The van der Waals surface area contributed by atoms with Crippen molar-refractivity contribution >= 4 is 17.5 Å². The monoisotopic (exact) mass is 361 g/mol. The summed E-state index contributed by atoms with van der Waals surface area (Å²) in [5.74, 6) is 1.01. The van der Waals surface area contributed by atoms with Gasteiger partial charge >= 0.3 is 5.97 Å². The van der Waals surface area contributed by atoms with Crippen molar-refractivity contribution in [1.29, 1.82) is 0 Å². The van der Waals surface area contributed by atoms with Crippen LogP contribution in [0.5, 0.6) is 11.5 Å². The standard InChI is InChI=1S/C16H15N3O5S/c1-9-17-11(8-23-9)13-15(25-19-18-13)16(20)24-7-10-5-4-6-12(21-2)14(10)22-3/h4-6,8H,7H2,1-3H3. The van der Waals surface area contributed by atoms with Crippen molar-refractivity contribution in [3.8, 4) is 22.9 Å². The maximum atomic E-state index is 12.4. The van der Waals surface area contributed by atoms with Crippen LogP contribution in [-0.2, 0) is 11.3 Å². The molecule has 0 bridgehead atoms. The van der Waals surface area contributed by atoms with Crippen LogP contribution in [0.4, 0.5) is 0 Å². The maximum absolute atomic E-state index is 12.4. The Morgan fingerprint density at radius 2 is 2.12 bits per heavy atom. The van der Waals surface area contributed by atoms with Gasteiger partial charge in [-0.1, -0.05) is 16.6 Å². The zero-order valence-electron chi connectivity index (χ0n) is 13.8. The normalized spacial score (nSPS) is 10.5. The second-order valence-corrected chi connectivity index (χ2v) is 5.69. The Hall–Kier alpha value is -2.94. The van der Waals surface area contributed by atoms with Gasteiger partial charge in [0.2, 0.25) is 0 Å². The van der Waals surface area contributed by atoms with E-state index in [1.165, 1.54) is 13.4 Å². The highest BCUT2D eigenvalue weighted by atomic mass is 32.1. The van der Waals surface area contributed by atoms with Crippen molar-refractivity contribution in [2.24, 2.45) is 0 Å². The number of oxazole rings is 1. The molecule has 0 aliphatic carbocycles. The first-order chi connectivity index (χ1) is 12.1. The summed E-state index contributed by atoms with van der Waals surface area (Å²) in [6.07, 6.45) is 1.42. The van der Waals surface area contributed by atoms with Crippen LogP contribution >= 0.6 is 11.5 Å². The van der Waals surface area contributed by atoms with Gasteiger partial charge in [-0.25, -0.2) is 9.78 Å². The molecule has 2 aromatic heterocycles. The number of carbonyl (C=O) groups is 1. The predicted molar refractivity (Wildman–Crippen MR) is 88.8 cm³/mol. The molecule has 0 fully saturated rings. The van der Waals surface area contributed by atoms with Gasteiger partial charge in [-0.05, 0) is 17.6 Å². The molecule has 0 aliphatic rings. The highest BCUT2D eigenvalue weighted by molar-refractivity contribution is 7.08. The summed E-state index contributed by atoms with van der Waals surface area (Å²) in [7, 11) is 3.07. The van der Waals surface area contributed by atoms with E-state index in [9.17, 15) is 4.79 Å². The third kappa shape index (κ3) is 3.45. The number of methoxy groups -OCH3 is 2. The molecule has 1 aromatic carbocycles. The van der Waals surface area contributed by atoms with Crippen LogP contribution in [0, 0.1) is 6.92 Å². The van der Waals surface area contributed by atoms with Gasteiger partial charge in [-0.15, -0.1) is 5.10 Å². The minimum atomic E-state index is -0.546. The van der Waals surface area contributed by atoms with Crippen LogP contribution in [0.2, 0.25) is 0 Å². The summed E-state index contributed by atoms with van der Waals surface area (Å²) in [6.45, 7) is 1.73. The van der Waals surface area contributed by atoms with Crippen LogP contribution in [0.15, 0.2) is 28.9 Å². The quantitative estimate of drug-likeness (QED) is 0.618. The molecule has 0 saturated heterocycles. The first-order valence-electron chi connectivity index (χ1n) is 7.26. The van der Waals surface area contributed by atoms with E-state index in [-0.39, 0.29) is 11.5 Å². The van der Waals surface area contributed by atoms with Crippen LogP contribution < -0.4 is 9.47 Å². The Kier molecular flexibility index (Phi) is 4.94. The van der Waals surface area contributed by atoms with Crippen molar-refractivity contribution < 1.29 is 23.4 Å². The van der Waals surface area contributed by atoms with Gasteiger partial charge in [0.05, 0.1) is 14.2 Å². The lowest BCUT2D eigenvalue weighted by molar-refractivity contribution is 0.0476. The van der Waals surface area contributed by atoms with Crippen molar-refractivity contribution in [3.05, 3.63) is 40.8 Å². The van der Waals surface area contributed by atoms with E-state index < -0.39 is 5.97 Å². The third-order valence-corrected chi connectivity index (χ3v) is 4.08. The van der Waals surface area contributed by atoms with Crippen LogP contribution in [0.25, 0.3) is 11.4 Å². The van der Waals surface area contributed by atoms with E-state index in [4.69, 9.17) is 18.6 Å². The van der Waals surface area contributed by atoms with Gasteiger partial charge in [0.15, 0.2) is 22.3 Å². The summed E-state index contributed by atoms with van der Waals surface area (Å²) in [6, 6.07) is 5.35. The van der Waals surface area contributed by atoms with E-state index in [1.54, 1.807) is 32.2 Å². The van der Waals surface area contributed by atoms with E-state index in [0.29, 0.717) is 34.3 Å². The molecule has 0 saturated carbocycles. The van der Waals surface area contributed by atoms with Gasteiger partial charge in [-0.2, -0.15) is 0 Å². The van der Waals surface area contributed by atoms with Crippen molar-refractivity contribution in [2.45, 2.75) is 13.5 Å². The van der Waals surface area contributed by atoms with Gasteiger partial charge in [0, 0.05) is 12.5 Å².